The molecule has 2 aliphatic heterocycles. The minimum absolute atomic E-state index is 0.134. The van der Waals surface area contributed by atoms with Crippen molar-refractivity contribution >= 4 is 5.97 Å². The van der Waals surface area contributed by atoms with Gasteiger partial charge in [-0.15, -0.1) is 0 Å². The second kappa shape index (κ2) is 5.93. The molecule has 2 bridgehead atoms. The predicted molar refractivity (Wildman–Crippen MR) is 98.5 cm³/mol. The Balaban J connectivity index is 1.48. The molecule has 2 fully saturated rings. The third-order valence-electron chi connectivity index (χ3n) is 6.15. The fourth-order valence-electron chi connectivity index (χ4n) is 5.00. The summed E-state index contributed by atoms with van der Waals surface area (Å²) < 4.78 is 5.90. The Morgan fingerprint density at radius 2 is 1.69 bits per heavy atom. The van der Waals surface area contributed by atoms with Crippen molar-refractivity contribution in [2.45, 2.75) is 31.0 Å². The van der Waals surface area contributed by atoms with Gasteiger partial charge in [0.05, 0.1) is 0 Å². The van der Waals surface area contributed by atoms with E-state index in [0.29, 0.717) is 17.0 Å². The molecule has 2 heterocycles. The molecule has 1 aliphatic carbocycles. The maximum Gasteiger partial charge on any atom is 0.348 e. The quantitative estimate of drug-likeness (QED) is 0.847. The van der Waals surface area contributed by atoms with Gasteiger partial charge in [0.2, 0.25) is 5.60 Å². The van der Waals surface area contributed by atoms with Crippen LogP contribution in [0.1, 0.15) is 30.4 Å². The van der Waals surface area contributed by atoms with Gasteiger partial charge in [-0.3, -0.25) is 4.90 Å². The van der Waals surface area contributed by atoms with Gasteiger partial charge in [0.1, 0.15) is 6.10 Å². The van der Waals surface area contributed by atoms with Gasteiger partial charge in [0, 0.05) is 24.2 Å². The lowest BCUT2D eigenvalue weighted by atomic mass is 9.87. The topological polar surface area (TPSA) is 49.8 Å². The highest BCUT2D eigenvalue weighted by atomic mass is 16.6. The average molecular weight is 349 g/mol. The first kappa shape index (κ1) is 16.0. The molecule has 5 rings (SSSR count). The van der Waals surface area contributed by atoms with Crippen LogP contribution < -0.4 is 0 Å². The number of hydrogen-bond donors (Lipinski definition) is 1. The van der Waals surface area contributed by atoms with Crippen LogP contribution in [0.5, 0.6) is 0 Å². The minimum atomic E-state index is -1.71. The lowest BCUT2D eigenvalue weighted by Gasteiger charge is -2.41. The van der Waals surface area contributed by atoms with Crippen molar-refractivity contribution in [3.63, 3.8) is 0 Å². The summed E-state index contributed by atoms with van der Waals surface area (Å²) in [5.41, 5.74) is 1.36. The van der Waals surface area contributed by atoms with E-state index >= 15 is 0 Å². The Bertz CT molecular complexity index is 804. The Labute approximate surface area is 153 Å². The number of esters is 1. The van der Waals surface area contributed by atoms with E-state index in [4.69, 9.17) is 4.74 Å². The van der Waals surface area contributed by atoms with E-state index in [1.165, 1.54) is 12.8 Å². The summed E-state index contributed by atoms with van der Waals surface area (Å²) in [5.74, 6) is 0.0640. The summed E-state index contributed by atoms with van der Waals surface area (Å²) >= 11 is 0. The number of carbonyl (C=O) groups excluding carboxylic acids is 1. The maximum absolute atomic E-state index is 13.2. The third kappa shape index (κ3) is 2.32. The molecule has 0 aromatic heterocycles. The molecule has 3 atom stereocenters. The number of ether oxygens (including phenoxy) is 1. The van der Waals surface area contributed by atoms with Crippen LogP contribution >= 0.6 is 0 Å². The fourth-order valence-corrected chi connectivity index (χ4v) is 5.00. The number of rotatable bonds is 2. The smallest absolute Gasteiger partial charge is 0.348 e. The number of aliphatic hydroxyl groups is 1. The third-order valence-corrected chi connectivity index (χ3v) is 6.15. The number of hydrogen-bond acceptors (Lipinski definition) is 4. The van der Waals surface area contributed by atoms with Crippen LogP contribution in [0.2, 0.25) is 0 Å². The van der Waals surface area contributed by atoms with Crippen molar-refractivity contribution in [1.82, 2.24) is 4.90 Å². The minimum Gasteiger partial charge on any atom is -0.458 e. The molecule has 0 radical (unpaired) electrons. The molecule has 0 saturated carbocycles. The average Bonchev–Trinajstić information content (AvgIpc) is 2.93. The number of nitrogens with zero attached hydrogens (tertiary/aromatic N) is 1. The summed E-state index contributed by atoms with van der Waals surface area (Å²) in [6, 6.07) is 15.2. The number of piperidine rings is 2. The van der Waals surface area contributed by atoms with Gasteiger partial charge >= 0.3 is 5.97 Å². The van der Waals surface area contributed by atoms with Crippen LogP contribution in [0.15, 0.2) is 48.5 Å². The SMILES string of the molecule is O=C(OC1CC2CCCN(C2)C1)C1(O)c2ccccc2-c2ccccc21. The first-order valence-corrected chi connectivity index (χ1v) is 9.51. The fraction of sp³-hybridized carbons (Fsp3) is 0.409. The number of fused-ring (bicyclic) bond motifs is 5. The van der Waals surface area contributed by atoms with Crippen LogP contribution in [0.4, 0.5) is 0 Å². The molecule has 3 aliphatic rings. The standard InChI is InChI=1S/C22H23NO3/c24-21(26-16-12-15-6-5-11-23(13-15)14-16)22(25)19-9-3-1-7-17(19)18-8-2-4-10-20(18)22/h1-4,7-10,15-16,25H,5-6,11-14H2. The van der Waals surface area contributed by atoms with Crippen LogP contribution in [-0.2, 0) is 15.1 Å². The lowest BCUT2D eigenvalue weighted by molar-refractivity contribution is -0.171. The molecular formula is C22H23NO3. The summed E-state index contributed by atoms with van der Waals surface area (Å²) in [6.07, 6.45) is 3.21. The van der Waals surface area contributed by atoms with Crippen LogP contribution in [0, 0.1) is 5.92 Å². The molecule has 3 unspecified atom stereocenters. The van der Waals surface area contributed by atoms with E-state index < -0.39 is 11.6 Å². The molecule has 134 valence electrons. The maximum atomic E-state index is 13.2. The van der Waals surface area contributed by atoms with E-state index in [1.54, 1.807) is 0 Å². The van der Waals surface area contributed by atoms with Crippen molar-refractivity contribution < 1.29 is 14.6 Å². The molecule has 0 amide bonds. The molecular weight excluding hydrogens is 326 g/mol. The lowest BCUT2D eigenvalue weighted by Crippen LogP contribution is -2.49. The van der Waals surface area contributed by atoms with Crippen molar-refractivity contribution in [1.29, 1.82) is 0 Å². The van der Waals surface area contributed by atoms with E-state index in [-0.39, 0.29) is 6.10 Å². The zero-order valence-electron chi connectivity index (χ0n) is 14.7. The number of carbonyl (C=O) groups is 1. The zero-order valence-corrected chi connectivity index (χ0v) is 14.7. The first-order valence-electron chi connectivity index (χ1n) is 9.51. The number of benzene rings is 2. The van der Waals surface area contributed by atoms with Crippen molar-refractivity contribution in [3.05, 3.63) is 59.7 Å². The van der Waals surface area contributed by atoms with Gasteiger partial charge in [-0.2, -0.15) is 0 Å². The molecule has 4 heteroatoms. The molecule has 4 nitrogen and oxygen atoms in total. The van der Waals surface area contributed by atoms with Gasteiger partial charge < -0.3 is 9.84 Å². The Morgan fingerprint density at radius 3 is 2.35 bits per heavy atom. The van der Waals surface area contributed by atoms with E-state index in [2.05, 4.69) is 4.90 Å². The molecule has 0 spiro atoms. The largest absolute Gasteiger partial charge is 0.458 e. The van der Waals surface area contributed by atoms with Crippen LogP contribution in [-0.4, -0.2) is 41.7 Å². The van der Waals surface area contributed by atoms with Crippen LogP contribution in [0.3, 0.4) is 0 Å². The highest BCUT2D eigenvalue weighted by Crippen LogP contribution is 2.48. The second-order valence-electron chi connectivity index (χ2n) is 7.83. The highest BCUT2D eigenvalue weighted by molar-refractivity contribution is 5.96. The Kier molecular flexibility index (Phi) is 3.66. The van der Waals surface area contributed by atoms with Gasteiger partial charge in [-0.25, -0.2) is 4.79 Å². The van der Waals surface area contributed by atoms with Crippen molar-refractivity contribution in [2.75, 3.05) is 19.6 Å². The summed E-state index contributed by atoms with van der Waals surface area (Å²) in [6.45, 7) is 2.98. The Hall–Kier alpha value is -2.17. The molecule has 2 aromatic rings. The summed E-state index contributed by atoms with van der Waals surface area (Å²) in [5, 5.41) is 11.5. The molecule has 2 aromatic carbocycles. The molecule has 1 N–H and O–H groups in total. The summed E-state index contributed by atoms with van der Waals surface area (Å²) in [7, 11) is 0. The van der Waals surface area contributed by atoms with Gasteiger partial charge in [-0.05, 0) is 42.9 Å². The molecule has 26 heavy (non-hydrogen) atoms. The van der Waals surface area contributed by atoms with Crippen LogP contribution in [0.25, 0.3) is 11.1 Å². The first-order chi connectivity index (χ1) is 12.7. The molecule has 2 saturated heterocycles. The predicted octanol–water partition coefficient (Wildman–Crippen LogP) is 2.93. The van der Waals surface area contributed by atoms with Crippen molar-refractivity contribution in [2.24, 2.45) is 5.92 Å². The van der Waals surface area contributed by atoms with Gasteiger partial charge in [-0.1, -0.05) is 48.5 Å². The van der Waals surface area contributed by atoms with Crippen molar-refractivity contribution in [3.8, 4) is 11.1 Å². The zero-order chi connectivity index (χ0) is 17.7. The van der Waals surface area contributed by atoms with Gasteiger partial charge in [0.15, 0.2) is 0 Å². The second-order valence-corrected chi connectivity index (χ2v) is 7.83. The normalized spacial score (nSPS) is 28.1. The Morgan fingerprint density at radius 1 is 1.04 bits per heavy atom. The van der Waals surface area contributed by atoms with E-state index in [0.717, 1.165) is 37.2 Å². The van der Waals surface area contributed by atoms with Gasteiger partial charge in [0.25, 0.3) is 0 Å². The highest BCUT2D eigenvalue weighted by Gasteiger charge is 2.50. The van der Waals surface area contributed by atoms with E-state index in [9.17, 15) is 9.90 Å². The monoisotopic (exact) mass is 349 g/mol. The summed E-state index contributed by atoms with van der Waals surface area (Å²) in [4.78, 5) is 15.6. The van der Waals surface area contributed by atoms with E-state index in [1.807, 2.05) is 48.5 Å².